The van der Waals surface area contributed by atoms with Gasteiger partial charge in [-0.15, -0.1) is 0 Å². The zero-order valence-corrected chi connectivity index (χ0v) is 11.1. The van der Waals surface area contributed by atoms with Crippen molar-refractivity contribution < 1.29 is 26.3 Å². The Morgan fingerprint density at radius 1 is 1.15 bits per heavy atom. The lowest BCUT2D eigenvalue weighted by atomic mass is 10.3. The molecular formula is C10H14F3N3O3S. The first-order chi connectivity index (χ1) is 9.18. The van der Waals surface area contributed by atoms with E-state index in [-0.39, 0.29) is 13.2 Å². The summed E-state index contributed by atoms with van der Waals surface area (Å²) in [6, 6.07) is 6.38. The van der Waals surface area contributed by atoms with Crippen LogP contribution in [0.4, 0.5) is 18.9 Å². The minimum Gasteiger partial charge on any atom is -0.492 e. The van der Waals surface area contributed by atoms with E-state index in [1.54, 1.807) is 24.3 Å². The zero-order valence-electron chi connectivity index (χ0n) is 10.3. The highest BCUT2D eigenvalue weighted by Crippen LogP contribution is 2.13. The third-order valence-corrected chi connectivity index (χ3v) is 3.11. The van der Waals surface area contributed by atoms with E-state index < -0.39 is 22.9 Å². The van der Waals surface area contributed by atoms with Crippen molar-refractivity contribution >= 4 is 15.9 Å². The van der Waals surface area contributed by atoms with Crippen LogP contribution in [0.5, 0.6) is 5.75 Å². The van der Waals surface area contributed by atoms with Gasteiger partial charge in [0.25, 0.3) is 10.2 Å². The Kier molecular flexibility index (Phi) is 5.60. The Morgan fingerprint density at radius 3 is 2.30 bits per heavy atom. The number of nitrogen functional groups attached to an aromatic ring is 1. The molecule has 20 heavy (non-hydrogen) atoms. The van der Waals surface area contributed by atoms with Gasteiger partial charge >= 0.3 is 6.18 Å². The number of nitrogens with two attached hydrogens (primary N) is 1. The number of halogens is 3. The van der Waals surface area contributed by atoms with E-state index >= 15 is 0 Å². The number of anilines is 1. The fraction of sp³-hybridized carbons (Fsp3) is 0.400. The van der Waals surface area contributed by atoms with Crippen LogP contribution in [0.25, 0.3) is 0 Å². The maximum atomic E-state index is 11.8. The van der Waals surface area contributed by atoms with Gasteiger partial charge in [-0.2, -0.15) is 31.0 Å². The van der Waals surface area contributed by atoms with Crippen molar-refractivity contribution in [3.8, 4) is 5.75 Å². The predicted octanol–water partition coefficient (Wildman–Crippen LogP) is 0.634. The summed E-state index contributed by atoms with van der Waals surface area (Å²) in [4.78, 5) is 0. The van der Waals surface area contributed by atoms with E-state index in [0.717, 1.165) is 0 Å². The molecule has 0 atom stereocenters. The molecular weight excluding hydrogens is 299 g/mol. The molecule has 0 aliphatic rings. The van der Waals surface area contributed by atoms with E-state index in [1.807, 2.05) is 4.72 Å². The monoisotopic (exact) mass is 313 g/mol. The van der Waals surface area contributed by atoms with Crippen molar-refractivity contribution in [2.45, 2.75) is 6.18 Å². The molecule has 0 unspecified atom stereocenters. The Bertz CT molecular complexity index is 517. The summed E-state index contributed by atoms with van der Waals surface area (Å²) in [6.07, 6.45) is -4.60. The first-order valence-electron chi connectivity index (χ1n) is 5.47. The van der Waals surface area contributed by atoms with Crippen LogP contribution in [-0.4, -0.2) is 34.3 Å². The Hall–Kier alpha value is -1.52. The van der Waals surface area contributed by atoms with Gasteiger partial charge in [0.1, 0.15) is 18.9 Å². The number of rotatable bonds is 7. The summed E-state index contributed by atoms with van der Waals surface area (Å²) in [5, 5.41) is 0. The first-order valence-corrected chi connectivity index (χ1v) is 6.96. The molecule has 1 rings (SSSR count). The second kappa shape index (κ2) is 6.77. The molecule has 10 heteroatoms. The molecule has 0 spiro atoms. The molecule has 0 heterocycles. The molecule has 0 amide bonds. The number of benzene rings is 1. The maximum Gasteiger partial charge on any atom is 0.402 e. The fourth-order valence-electron chi connectivity index (χ4n) is 1.14. The van der Waals surface area contributed by atoms with Gasteiger partial charge in [-0.3, -0.25) is 0 Å². The fourth-order valence-corrected chi connectivity index (χ4v) is 1.94. The number of hydrogen-bond acceptors (Lipinski definition) is 4. The van der Waals surface area contributed by atoms with Gasteiger partial charge < -0.3 is 10.5 Å². The average Bonchev–Trinajstić information content (AvgIpc) is 2.34. The number of hydrogen-bond donors (Lipinski definition) is 3. The summed E-state index contributed by atoms with van der Waals surface area (Å²) in [6.45, 7) is -1.82. The zero-order chi connectivity index (χ0) is 15.2. The normalized spacial score (nSPS) is 12.3. The number of ether oxygens (including phenoxy) is 1. The molecule has 0 aliphatic carbocycles. The minimum absolute atomic E-state index is 0.0309. The second-order valence-corrected chi connectivity index (χ2v) is 5.34. The van der Waals surface area contributed by atoms with E-state index in [1.165, 1.54) is 4.72 Å². The molecule has 0 saturated heterocycles. The molecule has 0 bridgehead atoms. The van der Waals surface area contributed by atoms with E-state index in [4.69, 9.17) is 10.5 Å². The Labute approximate surface area is 114 Å². The highest BCUT2D eigenvalue weighted by atomic mass is 32.2. The molecule has 6 nitrogen and oxygen atoms in total. The van der Waals surface area contributed by atoms with Gasteiger partial charge in [-0.05, 0) is 24.3 Å². The average molecular weight is 313 g/mol. The summed E-state index contributed by atoms with van der Waals surface area (Å²) in [5.74, 6) is 0.474. The molecule has 1 aromatic rings. The van der Waals surface area contributed by atoms with Crippen molar-refractivity contribution in [2.75, 3.05) is 25.4 Å². The Balaban J connectivity index is 2.28. The number of nitrogens with one attached hydrogen (secondary N) is 2. The van der Waals surface area contributed by atoms with E-state index in [0.29, 0.717) is 11.4 Å². The Morgan fingerprint density at radius 2 is 1.75 bits per heavy atom. The van der Waals surface area contributed by atoms with Crippen LogP contribution in [0.1, 0.15) is 0 Å². The van der Waals surface area contributed by atoms with Crippen molar-refractivity contribution in [1.82, 2.24) is 9.44 Å². The van der Waals surface area contributed by atoms with Crippen LogP contribution < -0.4 is 19.9 Å². The van der Waals surface area contributed by atoms with Crippen molar-refractivity contribution in [3.63, 3.8) is 0 Å². The van der Waals surface area contributed by atoms with Crippen LogP contribution in [0.3, 0.4) is 0 Å². The molecule has 114 valence electrons. The summed E-state index contributed by atoms with van der Waals surface area (Å²) >= 11 is 0. The predicted molar refractivity (Wildman–Crippen MR) is 67.3 cm³/mol. The van der Waals surface area contributed by atoms with Gasteiger partial charge in [0, 0.05) is 12.2 Å². The smallest absolute Gasteiger partial charge is 0.402 e. The topological polar surface area (TPSA) is 93.4 Å². The summed E-state index contributed by atoms with van der Waals surface area (Å²) in [5.41, 5.74) is 6.01. The van der Waals surface area contributed by atoms with Gasteiger partial charge in [0.15, 0.2) is 0 Å². The van der Waals surface area contributed by atoms with Crippen LogP contribution in [0.2, 0.25) is 0 Å². The van der Waals surface area contributed by atoms with Crippen LogP contribution >= 0.6 is 0 Å². The third kappa shape index (κ3) is 7.16. The SMILES string of the molecule is Nc1ccc(OCCNS(=O)(=O)NCC(F)(F)F)cc1. The van der Waals surface area contributed by atoms with Crippen LogP contribution in [0.15, 0.2) is 24.3 Å². The van der Waals surface area contributed by atoms with Gasteiger partial charge in [-0.25, -0.2) is 0 Å². The van der Waals surface area contributed by atoms with Crippen molar-refractivity contribution in [3.05, 3.63) is 24.3 Å². The van der Waals surface area contributed by atoms with Gasteiger partial charge in [0.2, 0.25) is 0 Å². The van der Waals surface area contributed by atoms with Crippen molar-refractivity contribution in [2.24, 2.45) is 0 Å². The number of alkyl halides is 3. The van der Waals surface area contributed by atoms with E-state index in [2.05, 4.69) is 0 Å². The molecule has 0 aromatic heterocycles. The lowest BCUT2D eigenvalue weighted by Gasteiger charge is -2.11. The van der Waals surface area contributed by atoms with Crippen LogP contribution in [0, 0.1) is 0 Å². The maximum absolute atomic E-state index is 11.8. The highest BCUT2D eigenvalue weighted by Gasteiger charge is 2.29. The van der Waals surface area contributed by atoms with Gasteiger partial charge in [0.05, 0.1) is 0 Å². The first kappa shape index (κ1) is 16.5. The quantitative estimate of drug-likeness (QED) is 0.508. The lowest BCUT2D eigenvalue weighted by Crippen LogP contribution is -2.42. The molecule has 4 N–H and O–H groups in total. The minimum atomic E-state index is -4.60. The van der Waals surface area contributed by atoms with Crippen molar-refractivity contribution in [1.29, 1.82) is 0 Å². The molecule has 0 saturated carbocycles. The molecule has 0 fully saturated rings. The van der Waals surface area contributed by atoms with E-state index in [9.17, 15) is 21.6 Å². The summed E-state index contributed by atoms with van der Waals surface area (Å²) < 4.78 is 66.3. The molecule has 1 aromatic carbocycles. The second-order valence-electron chi connectivity index (χ2n) is 3.75. The molecule has 0 radical (unpaired) electrons. The lowest BCUT2D eigenvalue weighted by molar-refractivity contribution is -0.121. The third-order valence-electron chi connectivity index (χ3n) is 2.01. The highest BCUT2D eigenvalue weighted by molar-refractivity contribution is 7.87. The van der Waals surface area contributed by atoms with Crippen LogP contribution in [-0.2, 0) is 10.2 Å². The standard InChI is InChI=1S/C10H14F3N3O3S/c11-10(12,13)7-16-20(17,18)15-5-6-19-9-3-1-8(14)2-4-9/h1-4,15-16H,5-7,14H2. The largest absolute Gasteiger partial charge is 0.492 e. The van der Waals surface area contributed by atoms with Gasteiger partial charge in [-0.1, -0.05) is 0 Å². The summed E-state index contributed by atoms with van der Waals surface area (Å²) in [7, 11) is -4.20. The molecule has 0 aliphatic heterocycles.